The first-order valence-corrected chi connectivity index (χ1v) is 11.7. The first-order chi connectivity index (χ1) is 14.1. The molecule has 0 saturated heterocycles. The topological polar surface area (TPSA) is 61.4 Å². The summed E-state index contributed by atoms with van der Waals surface area (Å²) in [7, 11) is 1.37. The monoisotopic (exact) mass is 441 g/mol. The second-order valence-corrected chi connectivity index (χ2v) is 11.5. The average Bonchev–Trinajstić information content (AvgIpc) is 3.04. The van der Waals surface area contributed by atoms with Gasteiger partial charge in [0.05, 0.1) is 19.1 Å². The molecule has 2 atom stereocenters. The van der Waals surface area contributed by atoms with Crippen LogP contribution in [0.4, 0.5) is 0 Å². The van der Waals surface area contributed by atoms with E-state index in [9.17, 15) is 9.35 Å². The Morgan fingerprint density at radius 2 is 1.77 bits per heavy atom. The Labute approximate surface area is 185 Å². The van der Waals surface area contributed by atoms with E-state index in [2.05, 4.69) is 40.8 Å². The highest BCUT2D eigenvalue weighted by Gasteiger charge is 2.39. The molecule has 2 aromatic carbocycles. The Morgan fingerprint density at radius 1 is 1.13 bits per heavy atom. The highest BCUT2D eigenvalue weighted by atomic mass is 32.2. The molecule has 0 saturated carbocycles. The van der Waals surface area contributed by atoms with Crippen molar-refractivity contribution in [1.29, 1.82) is 0 Å². The zero-order chi connectivity index (χ0) is 22.1. The molecule has 0 aliphatic carbocycles. The molecule has 1 N–H and O–H groups in total. The van der Waals surface area contributed by atoms with Crippen LogP contribution in [0.2, 0.25) is 0 Å². The molecule has 30 heavy (non-hydrogen) atoms. The molecular formula is C24H27NO3S2. The van der Waals surface area contributed by atoms with E-state index in [-0.39, 0.29) is 12.4 Å². The van der Waals surface area contributed by atoms with Crippen LogP contribution in [-0.4, -0.2) is 22.4 Å². The normalized spacial score (nSPS) is 14.8. The van der Waals surface area contributed by atoms with Gasteiger partial charge in [0.1, 0.15) is 4.75 Å². The zero-order valence-electron chi connectivity index (χ0n) is 18.2. The number of nitrogens with one attached hydrogen (secondary N) is 1. The van der Waals surface area contributed by atoms with E-state index < -0.39 is 21.6 Å². The van der Waals surface area contributed by atoms with Gasteiger partial charge in [0.2, 0.25) is 0 Å². The summed E-state index contributed by atoms with van der Waals surface area (Å²) in [4.78, 5) is 12.2. The summed E-state index contributed by atoms with van der Waals surface area (Å²) in [5, 5.41) is 2.24. The fraction of sp³-hybridized carbons (Fsp3) is 0.375. The Morgan fingerprint density at radius 3 is 2.37 bits per heavy atom. The lowest BCUT2D eigenvalue weighted by atomic mass is 9.89. The van der Waals surface area contributed by atoms with Crippen molar-refractivity contribution in [2.24, 2.45) is 0 Å². The number of carbonyl (C=O) groups is 1. The number of methoxy groups -OCH3 is 1. The number of esters is 1. The Kier molecular flexibility index (Phi) is 6.49. The molecule has 0 spiro atoms. The minimum absolute atomic E-state index is 0.0749. The number of ether oxygens (including phenoxy) is 1. The van der Waals surface area contributed by atoms with Gasteiger partial charge in [-0.1, -0.05) is 12.0 Å². The van der Waals surface area contributed by atoms with Gasteiger partial charge in [-0.15, -0.1) is 22.0 Å². The molecule has 0 aliphatic heterocycles. The molecule has 4 nitrogen and oxygen atoms in total. The molecule has 6 heteroatoms. The molecule has 0 amide bonds. The van der Waals surface area contributed by atoms with Crippen LogP contribution >= 0.6 is 11.3 Å². The van der Waals surface area contributed by atoms with Crippen LogP contribution in [0.25, 0.3) is 20.2 Å². The highest BCUT2D eigenvalue weighted by molar-refractivity contribution is 7.90. The lowest BCUT2D eigenvalue weighted by Crippen LogP contribution is -2.50. The SMILES string of the molecule is CC#Cc1ccc2sc3ccc(C(C)(CC(=O)OC)N[S@+]([O-])C(C)(C)C)cc3c2c1. The predicted molar refractivity (Wildman–Crippen MR) is 127 cm³/mol. The molecule has 0 bridgehead atoms. The van der Waals surface area contributed by atoms with E-state index in [0.717, 1.165) is 26.6 Å². The van der Waals surface area contributed by atoms with Crippen molar-refractivity contribution >= 4 is 48.8 Å². The molecule has 1 heterocycles. The van der Waals surface area contributed by atoms with Crippen LogP contribution in [0, 0.1) is 11.8 Å². The molecule has 1 unspecified atom stereocenters. The number of fused-ring (bicyclic) bond motifs is 3. The molecule has 158 valence electrons. The molecular weight excluding hydrogens is 414 g/mol. The summed E-state index contributed by atoms with van der Waals surface area (Å²) in [6.45, 7) is 9.44. The molecule has 0 radical (unpaired) electrons. The molecule has 1 aromatic heterocycles. The first-order valence-electron chi connectivity index (χ1n) is 9.73. The number of hydrogen-bond acceptors (Lipinski definition) is 5. The van der Waals surface area contributed by atoms with Gasteiger partial charge in [-0.25, -0.2) is 0 Å². The van der Waals surface area contributed by atoms with Gasteiger partial charge in [0.25, 0.3) is 0 Å². The van der Waals surface area contributed by atoms with Crippen LogP contribution in [0.15, 0.2) is 36.4 Å². The van der Waals surface area contributed by atoms with E-state index >= 15 is 0 Å². The van der Waals surface area contributed by atoms with Crippen molar-refractivity contribution < 1.29 is 14.1 Å². The van der Waals surface area contributed by atoms with E-state index in [0.29, 0.717) is 0 Å². The molecule has 0 aliphatic rings. The van der Waals surface area contributed by atoms with E-state index in [1.165, 1.54) is 11.8 Å². The van der Waals surface area contributed by atoms with E-state index in [1.54, 1.807) is 11.3 Å². The van der Waals surface area contributed by atoms with Crippen molar-refractivity contribution in [2.45, 2.75) is 51.3 Å². The Balaban J connectivity index is 2.14. The van der Waals surface area contributed by atoms with Gasteiger partial charge in [0.15, 0.2) is 0 Å². The summed E-state index contributed by atoms with van der Waals surface area (Å²) in [6.07, 6.45) is 0.0749. The lowest BCUT2D eigenvalue weighted by molar-refractivity contribution is -0.142. The summed E-state index contributed by atoms with van der Waals surface area (Å²) in [5.41, 5.74) is 1.03. The second kappa shape index (κ2) is 8.60. The predicted octanol–water partition coefficient (Wildman–Crippen LogP) is 5.26. The van der Waals surface area contributed by atoms with Crippen molar-refractivity contribution in [3.8, 4) is 11.8 Å². The number of benzene rings is 2. The maximum absolute atomic E-state index is 12.9. The number of rotatable bonds is 5. The fourth-order valence-corrected chi connectivity index (χ4v) is 5.23. The van der Waals surface area contributed by atoms with Crippen LogP contribution in [0.3, 0.4) is 0 Å². The summed E-state index contributed by atoms with van der Waals surface area (Å²) in [5.74, 6) is 5.71. The Hall–Kier alpha value is -2.04. The minimum atomic E-state index is -1.36. The fourth-order valence-electron chi connectivity index (χ4n) is 3.26. The standard InChI is InChI=1S/C24H27NO3S2/c1-7-8-16-9-11-20-18(13-16)19-14-17(10-12-21(19)29-20)24(5,15-22(26)28-6)25-30(27)23(2,3)4/h9-14,25H,15H2,1-6H3/t24?,30-/m1/s1. The summed E-state index contributed by atoms with van der Waals surface area (Å²) < 4.78 is 22.9. The van der Waals surface area contributed by atoms with Crippen molar-refractivity contribution in [2.75, 3.05) is 7.11 Å². The number of thiophene rings is 1. The maximum atomic E-state index is 12.9. The average molecular weight is 442 g/mol. The summed E-state index contributed by atoms with van der Waals surface area (Å²) in [6, 6.07) is 12.4. The van der Waals surface area contributed by atoms with Crippen molar-refractivity contribution in [3.63, 3.8) is 0 Å². The zero-order valence-corrected chi connectivity index (χ0v) is 19.8. The van der Waals surface area contributed by atoms with Gasteiger partial charge >= 0.3 is 5.97 Å². The lowest BCUT2D eigenvalue weighted by Gasteiger charge is -2.34. The van der Waals surface area contributed by atoms with Crippen molar-refractivity contribution in [3.05, 3.63) is 47.5 Å². The molecule has 3 rings (SSSR count). The van der Waals surface area contributed by atoms with Gasteiger partial charge in [0, 0.05) is 37.1 Å². The quantitative estimate of drug-likeness (QED) is 0.333. The third kappa shape index (κ3) is 4.65. The first kappa shape index (κ1) is 22.6. The van der Waals surface area contributed by atoms with Crippen LogP contribution in [0.1, 0.15) is 52.2 Å². The summed E-state index contributed by atoms with van der Waals surface area (Å²) >= 11 is 0.367. The number of carbonyl (C=O) groups excluding carboxylic acids is 1. The van der Waals surface area contributed by atoms with Crippen LogP contribution in [-0.2, 0) is 26.4 Å². The highest BCUT2D eigenvalue weighted by Crippen LogP contribution is 2.38. The van der Waals surface area contributed by atoms with Gasteiger partial charge in [-0.3, -0.25) is 4.79 Å². The smallest absolute Gasteiger partial charge is 0.307 e. The van der Waals surface area contributed by atoms with Gasteiger partial charge < -0.3 is 9.29 Å². The van der Waals surface area contributed by atoms with Gasteiger partial charge in [-0.2, -0.15) is 0 Å². The Bertz CT molecular complexity index is 1150. The van der Waals surface area contributed by atoms with E-state index in [1.807, 2.05) is 46.8 Å². The molecule has 0 fully saturated rings. The largest absolute Gasteiger partial charge is 0.598 e. The van der Waals surface area contributed by atoms with Crippen LogP contribution in [0.5, 0.6) is 0 Å². The third-order valence-corrected chi connectivity index (χ3v) is 7.88. The van der Waals surface area contributed by atoms with E-state index in [4.69, 9.17) is 4.74 Å². The third-order valence-electron chi connectivity index (χ3n) is 4.98. The van der Waals surface area contributed by atoms with Crippen molar-refractivity contribution in [1.82, 2.24) is 4.72 Å². The number of hydrogen-bond donors (Lipinski definition) is 1. The van der Waals surface area contributed by atoms with Crippen LogP contribution < -0.4 is 4.72 Å². The van der Waals surface area contributed by atoms with Gasteiger partial charge in [-0.05, 0) is 70.5 Å². The molecule has 3 aromatic rings. The second-order valence-electron chi connectivity index (χ2n) is 8.47. The minimum Gasteiger partial charge on any atom is -0.598 e. The maximum Gasteiger partial charge on any atom is 0.307 e.